The first-order valence-electron chi connectivity index (χ1n) is 26.4. The Hall–Kier alpha value is -2.05. The van der Waals surface area contributed by atoms with Crippen molar-refractivity contribution in [2.45, 2.75) is 261 Å². The highest BCUT2D eigenvalue weighted by atomic mass is 16.7. The number of aliphatic hydroxyl groups is 8. The van der Waals surface area contributed by atoms with Crippen LogP contribution >= 0.6 is 0 Å². The molecule has 0 aromatic carbocycles. The van der Waals surface area contributed by atoms with E-state index in [2.05, 4.69) is 55.6 Å². The zero-order valence-corrected chi connectivity index (χ0v) is 41.4. The lowest BCUT2D eigenvalue weighted by molar-refractivity contribution is -0.359. The molecule has 67 heavy (non-hydrogen) atoms. The molecule has 2 aliphatic heterocycles. The zero-order chi connectivity index (χ0) is 48.9. The third kappa shape index (κ3) is 26.7. The molecule has 390 valence electrons. The predicted molar refractivity (Wildman–Crippen MR) is 263 cm³/mol. The number of hydrogen-bond donors (Lipinski definition) is 9. The Bertz CT molecular complexity index is 1310. The van der Waals surface area contributed by atoms with Crippen LogP contribution in [0.3, 0.4) is 0 Å². The maximum absolute atomic E-state index is 13.1. The van der Waals surface area contributed by atoms with Gasteiger partial charge in [-0.05, 0) is 51.4 Å². The molecule has 0 saturated carbocycles. The first-order valence-corrected chi connectivity index (χ1v) is 26.4. The molecule has 2 rings (SSSR count). The number of rotatable bonds is 40. The Labute approximate surface area is 403 Å². The van der Waals surface area contributed by atoms with Crippen LogP contribution < -0.4 is 5.32 Å². The highest BCUT2D eigenvalue weighted by Crippen LogP contribution is 2.30. The van der Waals surface area contributed by atoms with Gasteiger partial charge in [0.05, 0.1) is 32.0 Å². The number of aliphatic hydroxyl groups excluding tert-OH is 8. The van der Waals surface area contributed by atoms with Crippen molar-refractivity contribution in [1.82, 2.24) is 5.32 Å². The van der Waals surface area contributed by atoms with E-state index in [0.29, 0.717) is 6.42 Å². The lowest BCUT2D eigenvalue weighted by atomic mass is 9.97. The van der Waals surface area contributed by atoms with Gasteiger partial charge in [-0.15, -0.1) is 0 Å². The third-order valence-corrected chi connectivity index (χ3v) is 12.8. The van der Waals surface area contributed by atoms with Gasteiger partial charge in [-0.1, -0.05) is 178 Å². The minimum Gasteiger partial charge on any atom is -0.394 e. The Morgan fingerprint density at radius 1 is 0.552 bits per heavy atom. The van der Waals surface area contributed by atoms with Crippen LogP contribution in [0.25, 0.3) is 0 Å². The summed E-state index contributed by atoms with van der Waals surface area (Å²) < 4.78 is 22.7. The molecule has 0 bridgehead atoms. The van der Waals surface area contributed by atoms with Crippen LogP contribution in [-0.4, -0.2) is 140 Å². The van der Waals surface area contributed by atoms with Gasteiger partial charge in [-0.3, -0.25) is 4.79 Å². The van der Waals surface area contributed by atoms with E-state index in [0.717, 1.165) is 57.8 Å². The van der Waals surface area contributed by atoms with Crippen LogP contribution in [0.15, 0.2) is 48.6 Å². The van der Waals surface area contributed by atoms with Crippen molar-refractivity contribution in [2.24, 2.45) is 0 Å². The Morgan fingerprint density at radius 3 is 1.58 bits per heavy atom. The molecule has 14 nitrogen and oxygen atoms in total. The number of nitrogens with one attached hydrogen (secondary N) is 1. The third-order valence-electron chi connectivity index (χ3n) is 12.8. The number of hydrogen-bond acceptors (Lipinski definition) is 13. The molecule has 2 fully saturated rings. The molecule has 1 amide bonds. The molecule has 0 radical (unpaired) electrons. The molecule has 0 spiro atoms. The van der Waals surface area contributed by atoms with Crippen molar-refractivity contribution >= 4 is 5.91 Å². The van der Waals surface area contributed by atoms with Crippen molar-refractivity contribution in [3.63, 3.8) is 0 Å². The van der Waals surface area contributed by atoms with Gasteiger partial charge in [0.15, 0.2) is 12.6 Å². The lowest BCUT2D eigenvalue weighted by Gasteiger charge is -2.46. The molecule has 2 saturated heterocycles. The second kappa shape index (κ2) is 39.6. The van der Waals surface area contributed by atoms with E-state index < -0.39 is 86.8 Å². The largest absolute Gasteiger partial charge is 0.394 e. The first-order chi connectivity index (χ1) is 32.6. The lowest BCUT2D eigenvalue weighted by Crippen LogP contribution is -2.65. The number of ether oxygens (including phenoxy) is 4. The fourth-order valence-electron chi connectivity index (χ4n) is 8.48. The quantitative estimate of drug-likeness (QED) is 0.0218. The summed E-state index contributed by atoms with van der Waals surface area (Å²) in [5.41, 5.74) is 0. The average Bonchev–Trinajstić information content (AvgIpc) is 3.32. The van der Waals surface area contributed by atoms with Gasteiger partial charge >= 0.3 is 0 Å². The van der Waals surface area contributed by atoms with Gasteiger partial charge < -0.3 is 65.1 Å². The fraction of sp³-hybridized carbons (Fsp3) is 0.830. The van der Waals surface area contributed by atoms with Crippen molar-refractivity contribution in [3.05, 3.63) is 48.6 Å². The number of carbonyl (C=O) groups excluding carboxylic acids is 1. The molecule has 14 heteroatoms. The Morgan fingerprint density at radius 2 is 1.03 bits per heavy atom. The van der Waals surface area contributed by atoms with Gasteiger partial charge in [0.2, 0.25) is 5.91 Å². The molecule has 9 N–H and O–H groups in total. The molecular weight excluding hydrogens is 859 g/mol. The molecule has 0 aliphatic carbocycles. The van der Waals surface area contributed by atoms with Crippen LogP contribution in [-0.2, 0) is 23.7 Å². The molecule has 0 aromatic rings. The van der Waals surface area contributed by atoms with Gasteiger partial charge in [-0.25, -0.2) is 0 Å². The fourth-order valence-corrected chi connectivity index (χ4v) is 8.48. The highest BCUT2D eigenvalue weighted by molar-refractivity contribution is 5.76. The van der Waals surface area contributed by atoms with Crippen LogP contribution in [0.5, 0.6) is 0 Å². The van der Waals surface area contributed by atoms with E-state index in [1.54, 1.807) is 6.08 Å². The highest BCUT2D eigenvalue weighted by Gasteiger charge is 2.51. The smallest absolute Gasteiger partial charge is 0.220 e. The summed E-state index contributed by atoms with van der Waals surface area (Å²) in [6.45, 7) is 2.65. The van der Waals surface area contributed by atoms with Gasteiger partial charge in [0, 0.05) is 6.42 Å². The second-order valence-electron chi connectivity index (χ2n) is 18.6. The van der Waals surface area contributed by atoms with Crippen molar-refractivity contribution in [3.8, 4) is 0 Å². The summed E-state index contributed by atoms with van der Waals surface area (Å²) in [6.07, 6.45) is 30.1. The van der Waals surface area contributed by atoms with Crippen LogP contribution in [0.4, 0.5) is 0 Å². The summed E-state index contributed by atoms with van der Waals surface area (Å²) in [4.78, 5) is 13.1. The monoisotopic (exact) mass is 954 g/mol. The minimum atomic E-state index is -1.79. The maximum atomic E-state index is 13.1. The molecule has 0 aromatic heterocycles. The summed E-state index contributed by atoms with van der Waals surface area (Å²) in [6, 6.07) is -0.930. The standard InChI is InChI=1S/C53H95NO13/c1-3-5-7-9-11-13-15-17-18-19-20-21-22-23-25-26-28-30-32-34-36-42(57)41(54-45(58)37-35-33-31-29-27-24-16-14-12-10-8-6-4-2)40-64-52-50(63)48(61)51(44(39-56)66-52)67-53-49(62)47(60)46(59)43(38-55)65-53/h6,8,12,14,24,27,34,36,41-44,46-53,55-57,59-63H,3-5,7,9-11,13,15-23,25-26,28-33,35,37-40H2,1-2H3,(H,54,58)/b8-6-,14-12-,27-24-,36-34+. The van der Waals surface area contributed by atoms with Gasteiger partial charge in [0.25, 0.3) is 0 Å². The summed E-state index contributed by atoms with van der Waals surface area (Å²) in [5, 5.41) is 86.8. The first kappa shape index (κ1) is 61.1. The SMILES string of the molecule is CC/C=C\C/C=C\C/C=C\CCCCCC(=O)NC(COC1OC(CO)C(OC2OC(CO)C(O)C(O)C2O)C(O)C1O)C(O)/C=C/CCCCCCCCCCCCCCCCCCCC. The van der Waals surface area contributed by atoms with E-state index in [1.807, 2.05) is 6.08 Å². The molecule has 12 atom stereocenters. The average molecular weight is 954 g/mol. The van der Waals surface area contributed by atoms with Crippen LogP contribution in [0.1, 0.15) is 187 Å². The molecule has 12 unspecified atom stereocenters. The van der Waals surface area contributed by atoms with E-state index in [1.165, 1.54) is 103 Å². The number of amides is 1. The van der Waals surface area contributed by atoms with E-state index >= 15 is 0 Å². The summed E-state index contributed by atoms with van der Waals surface area (Å²) >= 11 is 0. The normalized spacial score (nSPS) is 27.0. The van der Waals surface area contributed by atoms with Crippen molar-refractivity contribution < 1.29 is 64.6 Å². The molecule has 2 heterocycles. The Balaban J connectivity index is 1.83. The molecular formula is C53H95NO13. The van der Waals surface area contributed by atoms with Crippen LogP contribution in [0, 0.1) is 0 Å². The van der Waals surface area contributed by atoms with Gasteiger partial charge in [-0.2, -0.15) is 0 Å². The van der Waals surface area contributed by atoms with E-state index in [4.69, 9.17) is 18.9 Å². The maximum Gasteiger partial charge on any atom is 0.220 e. The number of carbonyl (C=O) groups is 1. The van der Waals surface area contributed by atoms with Crippen molar-refractivity contribution in [1.29, 1.82) is 0 Å². The summed E-state index contributed by atoms with van der Waals surface area (Å²) in [5.74, 6) is -0.270. The second-order valence-corrected chi connectivity index (χ2v) is 18.6. The predicted octanol–water partition coefficient (Wildman–Crippen LogP) is 7.27. The van der Waals surface area contributed by atoms with Gasteiger partial charge in [0.1, 0.15) is 48.8 Å². The molecule has 2 aliphatic rings. The summed E-state index contributed by atoms with van der Waals surface area (Å²) in [7, 11) is 0. The van der Waals surface area contributed by atoms with Crippen LogP contribution in [0.2, 0.25) is 0 Å². The minimum absolute atomic E-state index is 0.245. The van der Waals surface area contributed by atoms with E-state index in [9.17, 15) is 45.6 Å². The number of allylic oxidation sites excluding steroid dienone is 7. The number of unbranched alkanes of at least 4 members (excludes halogenated alkanes) is 21. The zero-order valence-electron chi connectivity index (χ0n) is 41.4. The Kier molecular flexibility index (Phi) is 36.1. The van der Waals surface area contributed by atoms with Crippen molar-refractivity contribution in [2.75, 3.05) is 19.8 Å². The van der Waals surface area contributed by atoms with E-state index in [-0.39, 0.29) is 18.9 Å². The topological polar surface area (TPSA) is 228 Å².